The van der Waals surface area contributed by atoms with Gasteiger partial charge in [0.05, 0.1) is 13.2 Å². The van der Waals surface area contributed by atoms with E-state index in [9.17, 15) is 14.4 Å². The number of hydrogen-bond acceptors (Lipinski definition) is 5. The normalized spacial score (nSPS) is 20.3. The van der Waals surface area contributed by atoms with Crippen molar-refractivity contribution in [2.45, 2.75) is 25.3 Å². The molecule has 4 amide bonds. The first-order chi connectivity index (χ1) is 14.9. The van der Waals surface area contributed by atoms with Crippen LogP contribution in [-0.2, 0) is 15.1 Å². The molecule has 2 aliphatic heterocycles. The molecular weight excluding hydrogens is 422 g/mol. The molecule has 0 aromatic heterocycles. The first-order valence-corrected chi connectivity index (χ1v) is 10.4. The highest BCUT2D eigenvalue weighted by molar-refractivity contribution is 6.30. The van der Waals surface area contributed by atoms with E-state index in [1.807, 2.05) is 0 Å². The van der Waals surface area contributed by atoms with E-state index in [0.717, 1.165) is 11.3 Å². The van der Waals surface area contributed by atoms with Gasteiger partial charge in [0.1, 0.15) is 12.1 Å². The number of nitrogens with one attached hydrogen (secondary N) is 2. The molecule has 2 aromatic carbocycles. The van der Waals surface area contributed by atoms with Gasteiger partial charge in [-0.15, -0.1) is 0 Å². The van der Waals surface area contributed by atoms with Gasteiger partial charge in [0.25, 0.3) is 5.91 Å². The van der Waals surface area contributed by atoms with Crippen LogP contribution in [0.15, 0.2) is 42.5 Å². The number of amides is 4. The van der Waals surface area contributed by atoms with Crippen LogP contribution in [-0.4, -0.2) is 42.5 Å². The van der Waals surface area contributed by atoms with Crippen molar-refractivity contribution in [2.24, 2.45) is 0 Å². The Labute approximate surface area is 184 Å². The maximum atomic E-state index is 13.2. The highest BCUT2D eigenvalue weighted by atomic mass is 35.5. The van der Waals surface area contributed by atoms with E-state index in [0.29, 0.717) is 47.4 Å². The van der Waals surface area contributed by atoms with Crippen molar-refractivity contribution in [3.05, 3.63) is 53.1 Å². The number of ether oxygens (including phenoxy) is 2. The SMILES string of the molecule is CCC1(c2ccc(Cl)cc2)NC(=O)N(CC(=O)Nc2ccc3c(c2)OCCCO3)C1=O. The fourth-order valence-corrected chi connectivity index (χ4v) is 3.85. The Morgan fingerprint density at radius 2 is 1.84 bits per heavy atom. The maximum Gasteiger partial charge on any atom is 0.325 e. The van der Waals surface area contributed by atoms with Crippen LogP contribution >= 0.6 is 11.6 Å². The Hall–Kier alpha value is -3.26. The van der Waals surface area contributed by atoms with Crippen molar-refractivity contribution in [2.75, 3.05) is 25.1 Å². The predicted octanol–water partition coefficient (Wildman–Crippen LogP) is 3.30. The number of benzene rings is 2. The molecule has 0 aliphatic carbocycles. The van der Waals surface area contributed by atoms with E-state index in [2.05, 4.69) is 10.6 Å². The number of nitrogens with zero attached hydrogens (tertiary/aromatic N) is 1. The number of rotatable bonds is 5. The molecule has 2 N–H and O–H groups in total. The fraction of sp³-hybridized carbons (Fsp3) is 0.318. The molecule has 2 heterocycles. The second kappa shape index (κ2) is 8.47. The van der Waals surface area contributed by atoms with Crippen LogP contribution in [0.5, 0.6) is 11.5 Å². The third-order valence-electron chi connectivity index (χ3n) is 5.38. The summed E-state index contributed by atoms with van der Waals surface area (Å²) < 4.78 is 11.2. The van der Waals surface area contributed by atoms with Gasteiger partial charge in [-0.3, -0.25) is 14.5 Å². The lowest BCUT2D eigenvalue weighted by Crippen LogP contribution is -2.44. The van der Waals surface area contributed by atoms with E-state index >= 15 is 0 Å². The lowest BCUT2D eigenvalue weighted by molar-refractivity contribution is -0.134. The Morgan fingerprint density at radius 1 is 1.13 bits per heavy atom. The van der Waals surface area contributed by atoms with Crippen LogP contribution in [0.1, 0.15) is 25.3 Å². The summed E-state index contributed by atoms with van der Waals surface area (Å²) >= 11 is 5.95. The van der Waals surface area contributed by atoms with Crippen LogP contribution in [0.2, 0.25) is 5.02 Å². The first-order valence-electron chi connectivity index (χ1n) is 10.0. The summed E-state index contributed by atoms with van der Waals surface area (Å²) in [6.45, 7) is 2.48. The summed E-state index contributed by atoms with van der Waals surface area (Å²) in [6.07, 6.45) is 1.11. The molecule has 2 aliphatic rings. The predicted molar refractivity (Wildman–Crippen MR) is 114 cm³/mol. The average Bonchev–Trinajstić information content (AvgIpc) is 2.91. The van der Waals surface area contributed by atoms with E-state index in [1.165, 1.54) is 0 Å². The van der Waals surface area contributed by atoms with Crippen molar-refractivity contribution in [1.82, 2.24) is 10.2 Å². The van der Waals surface area contributed by atoms with Crippen molar-refractivity contribution >= 4 is 35.1 Å². The highest BCUT2D eigenvalue weighted by Gasteiger charge is 2.51. The summed E-state index contributed by atoms with van der Waals surface area (Å²) in [5.74, 6) is 0.176. The number of anilines is 1. The van der Waals surface area contributed by atoms with Gasteiger partial charge in [0.15, 0.2) is 11.5 Å². The number of carbonyl (C=O) groups excluding carboxylic acids is 3. The van der Waals surface area contributed by atoms with Gasteiger partial charge in [-0.1, -0.05) is 30.7 Å². The largest absolute Gasteiger partial charge is 0.490 e. The van der Waals surface area contributed by atoms with Gasteiger partial charge in [-0.2, -0.15) is 0 Å². The standard InChI is InChI=1S/C22H22ClN3O5/c1-2-22(14-4-6-15(23)7-5-14)20(28)26(21(29)25-22)13-19(27)24-16-8-9-17-18(12-16)31-11-3-10-30-17/h4-9,12H,2-3,10-11,13H2,1H3,(H,24,27)(H,25,29). The number of urea groups is 1. The molecule has 1 atom stereocenters. The Morgan fingerprint density at radius 3 is 2.55 bits per heavy atom. The molecule has 0 spiro atoms. The molecule has 0 saturated carbocycles. The van der Waals surface area contributed by atoms with Gasteiger partial charge in [-0.25, -0.2) is 4.79 Å². The summed E-state index contributed by atoms with van der Waals surface area (Å²) in [7, 11) is 0. The van der Waals surface area contributed by atoms with Crippen molar-refractivity contribution in [3.63, 3.8) is 0 Å². The third-order valence-corrected chi connectivity index (χ3v) is 5.63. The number of carbonyl (C=O) groups is 3. The number of halogens is 1. The van der Waals surface area contributed by atoms with Crippen LogP contribution in [0, 0.1) is 0 Å². The van der Waals surface area contributed by atoms with E-state index in [1.54, 1.807) is 49.4 Å². The Kier molecular flexibility index (Phi) is 5.73. The number of imide groups is 1. The molecule has 0 radical (unpaired) electrons. The van der Waals surface area contributed by atoms with Crippen LogP contribution in [0.4, 0.5) is 10.5 Å². The molecule has 1 saturated heterocycles. The van der Waals surface area contributed by atoms with Crippen LogP contribution in [0.3, 0.4) is 0 Å². The molecular formula is C22H22ClN3O5. The van der Waals surface area contributed by atoms with Crippen molar-refractivity contribution < 1.29 is 23.9 Å². The van der Waals surface area contributed by atoms with Crippen molar-refractivity contribution in [3.8, 4) is 11.5 Å². The summed E-state index contributed by atoms with van der Waals surface area (Å²) in [4.78, 5) is 39.3. The second-order valence-electron chi connectivity index (χ2n) is 7.35. The molecule has 1 unspecified atom stereocenters. The monoisotopic (exact) mass is 443 g/mol. The van der Waals surface area contributed by atoms with Gasteiger partial charge in [-0.05, 0) is 36.2 Å². The minimum Gasteiger partial charge on any atom is -0.490 e. The molecule has 0 bridgehead atoms. The number of fused-ring (bicyclic) bond motifs is 1. The third kappa shape index (κ3) is 4.03. The average molecular weight is 444 g/mol. The molecule has 2 aromatic rings. The Balaban J connectivity index is 1.48. The van der Waals surface area contributed by atoms with E-state index in [-0.39, 0.29) is 0 Å². The van der Waals surface area contributed by atoms with Crippen molar-refractivity contribution in [1.29, 1.82) is 0 Å². The van der Waals surface area contributed by atoms with Crippen LogP contribution < -0.4 is 20.1 Å². The molecule has 4 rings (SSSR count). The lowest BCUT2D eigenvalue weighted by atomic mass is 9.87. The fourth-order valence-electron chi connectivity index (χ4n) is 3.73. The van der Waals surface area contributed by atoms with Crippen LogP contribution in [0.25, 0.3) is 0 Å². The van der Waals surface area contributed by atoms with E-state index in [4.69, 9.17) is 21.1 Å². The highest BCUT2D eigenvalue weighted by Crippen LogP contribution is 2.34. The lowest BCUT2D eigenvalue weighted by Gasteiger charge is -2.25. The van der Waals surface area contributed by atoms with Gasteiger partial charge in [0.2, 0.25) is 5.91 Å². The molecule has 9 heteroatoms. The number of hydrogen-bond donors (Lipinski definition) is 2. The van der Waals surface area contributed by atoms with Gasteiger partial charge in [0, 0.05) is 23.2 Å². The molecule has 1 fully saturated rings. The second-order valence-corrected chi connectivity index (χ2v) is 7.78. The quantitative estimate of drug-likeness (QED) is 0.691. The molecule has 31 heavy (non-hydrogen) atoms. The summed E-state index contributed by atoms with van der Waals surface area (Å²) in [5.41, 5.74) is -0.124. The topological polar surface area (TPSA) is 97.0 Å². The summed E-state index contributed by atoms with van der Waals surface area (Å²) in [5, 5.41) is 5.98. The zero-order valence-electron chi connectivity index (χ0n) is 16.9. The molecule has 162 valence electrons. The molecule has 8 nitrogen and oxygen atoms in total. The smallest absolute Gasteiger partial charge is 0.325 e. The maximum absolute atomic E-state index is 13.2. The van der Waals surface area contributed by atoms with Gasteiger partial charge < -0.3 is 20.1 Å². The summed E-state index contributed by atoms with van der Waals surface area (Å²) in [6, 6.07) is 11.2. The minimum atomic E-state index is -1.22. The Bertz CT molecular complexity index is 1030. The first kappa shape index (κ1) is 21.0. The zero-order chi connectivity index (χ0) is 22.0. The zero-order valence-corrected chi connectivity index (χ0v) is 17.7. The minimum absolute atomic E-state index is 0.333. The van der Waals surface area contributed by atoms with Gasteiger partial charge >= 0.3 is 6.03 Å². The van der Waals surface area contributed by atoms with E-state index < -0.39 is 29.9 Å².